The fourth-order valence-electron chi connectivity index (χ4n) is 2.86. The first kappa shape index (κ1) is 21.3. The topological polar surface area (TPSA) is 101 Å². The molecule has 30 heavy (non-hydrogen) atoms. The number of hydrogen-bond donors (Lipinski definition) is 1. The molecule has 0 saturated carbocycles. The summed E-state index contributed by atoms with van der Waals surface area (Å²) in [4.78, 5) is 33.3. The zero-order valence-electron chi connectivity index (χ0n) is 17.8. The van der Waals surface area contributed by atoms with Crippen molar-refractivity contribution in [3.05, 3.63) is 75.8 Å². The number of rotatable bonds is 6. The van der Waals surface area contributed by atoms with Gasteiger partial charge in [0.1, 0.15) is 35.7 Å². The van der Waals surface area contributed by atoms with E-state index in [-0.39, 0.29) is 23.6 Å². The largest absolute Gasteiger partial charge is 0.486 e. The summed E-state index contributed by atoms with van der Waals surface area (Å²) in [5.41, 5.74) is 1.29. The van der Waals surface area contributed by atoms with Crippen molar-refractivity contribution in [1.29, 1.82) is 0 Å². The molecule has 3 aromatic rings. The van der Waals surface area contributed by atoms with Gasteiger partial charge in [0.25, 0.3) is 11.5 Å². The van der Waals surface area contributed by atoms with E-state index in [2.05, 4.69) is 35.9 Å². The summed E-state index contributed by atoms with van der Waals surface area (Å²) < 4.78 is 10.5. The Kier molecular flexibility index (Phi) is 6.05. The summed E-state index contributed by atoms with van der Waals surface area (Å²) in [6.45, 7) is 8.31. The Balaban J connectivity index is 1.66. The van der Waals surface area contributed by atoms with Crippen molar-refractivity contribution >= 4 is 5.91 Å². The lowest BCUT2D eigenvalue weighted by molar-refractivity contribution is 0.0735. The van der Waals surface area contributed by atoms with Crippen LogP contribution in [-0.4, -0.2) is 33.0 Å². The standard InChI is InChI=1S/C22H26N4O4/c1-14(18-10-11-30-25-18)26(5)21(28)17-12-23-19(24-20(17)27)13-29-16-8-6-15(7-9-16)22(2,3)4/h6-12,14H,13H2,1-5H3,(H,23,24,27). The molecular weight excluding hydrogens is 384 g/mol. The number of aromatic amines is 1. The number of nitrogens with one attached hydrogen (secondary N) is 1. The maximum Gasteiger partial charge on any atom is 0.263 e. The number of carbonyl (C=O) groups is 1. The van der Waals surface area contributed by atoms with Gasteiger partial charge in [-0.1, -0.05) is 38.1 Å². The Morgan fingerprint density at radius 1 is 1.23 bits per heavy atom. The average molecular weight is 410 g/mol. The lowest BCUT2D eigenvalue weighted by Crippen LogP contribution is -2.34. The molecule has 1 atom stereocenters. The first-order valence-corrected chi connectivity index (χ1v) is 9.66. The van der Waals surface area contributed by atoms with Crippen LogP contribution in [0.2, 0.25) is 0 Å². The Hall–Kier alpha value is -3.42. The van der Waals surface area contributed by atoms with Crippen molar-refractivity contribution in [2.45, 2.75) is 45.8 Å². The number of amides is 1. The highest BCUT2D eigenvalue weighted by molar-refractivity contribution is 5.93. The molecule has 0 saturated heterocycles. The molecule has 2 heterocycles. The molecule has 1 amide bonds. The van der Waals surface area contributed by atoms with E-state index in [0.29, 0.717) is 17.3 Å². The van der Waals surface area contributed by atoms with Gasteiger partial charge in [-0.15, -0.1) is 0 Å². The molecule has 0 aliphatic rings. The Morgan fingerprint density at radius 3 is 2.50 bits per heavy atom. The SMILES string of the molecule is CC(c1ccon1)N(C)C(=O)c1cnc(COc2ccc(C(C)(C)C)cc2)[nH]c1=O. The molecule has 3 rings (SSSR count). The molecule has 1 N–H and O–H groups in total. The van der Waals surface area contributed by atoms with E-state index in [9.17, 15) is 9.59 Å². The van der Waals surface area contributed by atoms with Crippen molar-refractivity contribution < 1.29 is 14.1 Å². The van der Waals surface area contributed by atoms with Gasteiger partial charge in [0.2, 0.25) is 0 Å². The summed E-state index contributed by atoms with van der Waals surface area (Å²) in [6, 6.07) is 9.12. The smallest absolute Gasteiger partial charge is 0.263 e. The fourth-order valence-corrected chi connectivity index (χ4v) is 2.86. The predicted octanol–water partition coefficient (Wildman–Crippen LogP) is 3.47. The molecule has 0 spiro atoms. The van der Waals surface area contributed by atoms with Crippen molar-refractivity contribution in [1.82, 2.24) is 20.0 Å². The van der Waals surface area contributed by atoms with E-state index in [0.717, 1.165) is 0 Å². The van der Waals surface area contributed by atoms with Gasteiger partial charge >= 0.3 is 0 Å². The Bertz CT molecular complexity index is 1050. The van der Waals surface area contributed by atoms with Gasteiger partial charge in [-0.25, -0.2) is 4.98 Å². The number of nitrogens with zero attached hydrogens (tertiary/aromatic N) is 3. The third kappa shape index (κ3) is 4.76. The second kappa shape index (κ2) is 8.52. The predicted molar refractivity (Wildman–Crippen MR) is 111 cm³/mol. The molecule has 158 valence electrons. The highest BCUT2D eigenvalue weighted by atomic mass is 16.5. The lowest BCUT2D eigenvalue weighted by Gasteiger charge is -2.22. The van der Waals surface area contributed by atoms with Crippen LogP contribution in [0.4, 0.5) is 0 Å². The summed E-state index contributed by atoms with van der Waals surface area (Å²) in [5.74, 6) is 0.556. The van der Waals surface area contributed by atoms with Gasteiger partial charge < -0.3 is 19.1 Å². The highest BCUT2D eigenvalue weighted by Gasteiger charge is 2.23. The van der Waals surface area contributed by atoms with E-state index in [1.165, 1.54) is 22.9 Å². The quantitative estimate of drug-likeness (QED) is 0.668. The third-order valence-corrected chi connectivity index (χ3v) is 4.97. The van der Waals surface area contributed by atoms with E-state index in [1.54, 1.807) is 20.0 Å². The molecule has 0 aliphatic carbocycles. The minimum atomic E-state index is -0.518. The molecular formula is C22H26N4O4. The van der Waals surface area contributed by atoms with Gasteiger partial charge in [-0.3, -0.25) is 9.59 Å². The maximum absolute atomic E-state index is 12.7. The minimum Gasteiger partial charge on any atom is -0.486 e. The minimum absolute atomic E-state index is 0.0499. The van der Waals surface area contributed by atoms with Crippen molar-refractivity contribution in [2.75, 3.05) is 7.05 Å². The number of H-pyrrole nitrogens is 1. The molecule has 1 aromatic carbocycles. The van der Waals surface area contributed by atoms with Crippen LogP contribution in [0.25, 0.3) is 0 Å². The molecule has 1 unspecified atom stereocenters. The van der Waals surface area contributed by atoms with E-state index in [1.807, 2.05) is 24.3 Å². The third-order valence-electron chi connectivity index (χ3n) is 4.97. The zero-order chi connectivity index (χ0) is 21.9. The van der Waals surface area contributed by atoms with Crippen molar-refractivity contribution in [2.24, 2.45) is 0 Å². The summed E-state index contributed by atoms with van der Waals surface area (Å²) in [5, 5.41) is 3.83. The Labute approximate surface area is 174 Å². The number of benzene rings is 1. The van der Waals surface area contributed by atoms with Crippen LogP contribution >= 0.6 is 0 Å². The molecule has 8 nitrogen and oxygen atoms in total. The molecule has 0 aliphatic heterocycles. The summed E-state index contributed by atoms with van der Waals surface area (Å²) in [7, 11) is 1.60. The van der Waals surface area contributed by atoms with Crippen LogP contribution in [0.3, 0.4) is 0 Å². The first-order valence-electron chi connectivity index (χ1n) is 9.66. The van der Waals surface area contributed by atoms with Gasteiger partial charge in [0, 0.05) is 19.3 Å². The van der Waals surface area contributed by atoms with Crippen LogP contribution in [0.5, 0.6) is 5.75 Å². The van der Waals surface area contributed by atoms with Crippen molar-refractivity contribution in [3.63, 3.8) is 0 Å². The lowest BCUT2D eigenvalue weighted by atomic mass is 9.87. The van der Waals surface area contributed by atoms with Crippen LogP contribution < -0.4 is 10.3 Å². The molecule has 0 bridgehead atoms. The average Bonchev–Trinajstić information content (AvgIpc) is 3.25. The van der Waals surface area contributed by atoms with E-state index < -0.39 is 11.5 Å². The van der Waals surface area contributed by atoms with E-state index in [4.69, 9.17) is 9.26 Å². The second-order valence-corrected chi connectivity index (χ2v) is 8.15. The molecule has 0 radical (unpaired) electrons. The summed E-state index contributed by atoms with van der Waals surface area (Å²) in [6.07, 6.45) is 2.71. The van der Waals surface area contributed by atoms with E-state index >= 15 is 0 Å². The second-order valence-electron chi connectivity index (χ2n) is 8.15. The van der Waals surface area contributed by atoms with Crippen LogP contribution in [0, 0.1) is 0 Å². The zero-order valence-corrected chi connectivity index (χ0v) is 17.8. The molecule has 0 fully saturated rings. The molecule has 8 heteroatoms. The number of aromatic nitrogens is 3. The van der Waals surface area contributed by atoms with Gasteiger partial charge in [0.15, 0.2) is 0 Å². The van der Waals surface area contributed by atoms with Gasteiger partial charge in [-0.2, -0.15) is 0 Å². The van der Waals surface area contributed by atoms with Crippen LogP contribution in [0.15, 0.2) is 52.1 Å². The first-order chi connectivity index (χ1) is 14.2. The normalized spacial score (nSPS) is 12.4. The monoisotopic (exact) mass is 410 g/mol. The fraction of sp³-hybridized carbons (Fsp3) is 0.364. The highest BCUT2D eigenvalue weighted by Crippen LogP contribution is 2.24. The maximum atomic E-state index is 12.7. The number of ether oxygens (including phenoxy) is 1. The van der Waals surface area contributed by atoms with Crippen LogP contribution in [0.1, 0.15) is 61.2 Å². The number of hydrogen-bond acceptors (Lipinski definition) is 6. The molecule has 2 aromatic heterocycles. The Morgan fingerprint density at radius 2 is 1.93 bits per heavy atom. The summed E-state index contributed by atoms with van der Waals surface area (Å²) >= 11 is 0. The van der Waals surface area contributed by atoms with Crippen molar-refractivity contribution in [3.8, 4) is 5.75 Å². The number of carbonyl (C=O) groups excluding carboxylic acids is 1. The van der Waals surface area contributed by atoms with Crippen LogP contribution in [-0.2, 0) is 12.0 Å². The van der Waals surface area contributed by atoms with Gasteiger partial charge in [0.05, 0.1) is 6.04 Å². The van der Waals surface area contributed by atoms with Gasteiger partial charge in [-0.05, 0) is 30.0 Å².